The molecule has 1 aliphatic rings. The lowest BCUT2D eigenvalue weighted by Gasteiger charge is -2.24. The summed E-state index contributed by atoms with van der Waals surface area (Å²) in [5.41, 5.74) is 3.88. The van der Waals surface area contributed by atoms with Crippen molar-refractivity contribution in [2.45, 2.75) is 32.4 Å². The summed E-state index contributed by atoms with van der Waals surface area (Å²) in [5, 5.41) is 2.57. The summed E-state index contributed by atoms with van der Waals surface area (Å²) < 4.78 is 0. The number of nitrogens with zero attached hydrogens (tertiary/aromatic N) is 2. The van der Waals surface area contributed by atoms with Crippen molar-refractivity contribution in [1.82, 2.24) is 5.32 Å². The maximum Gasteiger partial charge on any atom is 0.272 e. The first kappa shape index (κ1) is 17.9. The van der Waals surface area contributed by atoms with E-state index in [1.54, 1.807) is 4.90 Å². The van der Waals surface area contributed by atoms with E-state index in [0.717, 1.165) is 29.8 Å². The molecule has 0 bridgehead atoms. The molecular weight excluding hydrogens is 326 g/mol. The Morgan fingerprint density at radius 1 is 1.08 bits per heavy atom. The third kappa shape index (κ3) is 3.82. The Bertz CT molecular complexity index is 802. The number of hydrogen-bond donors (Lipinski definition) is 1. The van der Waals surface area contributed by atoms with Gasteiger partial charge in [-0.1, -0.05) is 55.5 Å². The molecule has 0 fully saturated rings. The van der Waals surface area contributed by atoms with E-state index in [1.807, 2.05) is 49.4 Å². The topological polar surface area (TPSA) is 61.8 Å². The van der Waals surface area contributed by atoms with Crippen molar-refractivity contribution in [3.8, 4) is 0 Å². The molecule has 0 radical (unpaired) electrons. The van der Waals surface area contributed by atoms with E-state index in [9.17, 15) is 9.59 Å². The number of aryl methyl sites for hydroxylation is 1. The number of para-hydroxylation sites is 1. The standard InChI is InChI=1S/C21H23N3O2/c1-2-14-24-19-11-7-6-10-17(19)18(23-20(21(24)26)22-15-25)13-12-16-8-4-3-5-9-16/h3-11,15,20H,2,12-14H2,1H3,(H,22,25). The van der Waals surface area contributed by atoms with E-state index in [2.05, 4.69) is 22.4 Å². The van der Waals surface area contributed by atoms with E-state index in [0.29, 0.717) is 19.4 Å². The average Bonchev–Trinajstić information content (AvgIpc) is 2.78. The minimum Gasteiger partial charge on any atom is -0.329 e. The molecule has 134 valence electrons. The van der Waals surface area contributed by atoms with Gasteiger partial charge in [0.1, 0.15) is 0 Å². The number of rotatable bonds is 7. The number of benzene rings is 2. The van der Waals surface area contributed by atoms with Crippen molar-refractivity contribution < 1.29 is 9.59 Å². The molecule has 2 aromatic rings. The lowest BCUT2D eigenvalue weighted by atomic mass is 10.00. The average molecular weight is 349 g/mol. The Morgan fingerprint density at radius 3 is 2.54 bits per heavy atom. The fourth-order valence-electron chi connectivity index (χ4n) is 3.23. The molecule has 3 rings (SSSR count). The minimum absolute atomic E-state index is 0.193. The summed E-state index contributed by atoms with van der Waals surface area (Å²) in [5.74, 6) is -0.193. The van der Waals surface area contributed by atoms with Crippen molar-refractivity contribution in [2.75, 3.05) is 11.4 Å². The third-order valence-corrected chi connectivity index (χ3v) is 4.46. The van der Waals surface area contributed by atoms with E-state index < -0.39 is 6.17 Å². The number of anilines is 1. The Hall–Kier alpha value is -2.95. The molecule has 2 aromatic carbocycles. The van der Waals surface area contributed by atoms with Gasteiger partial charge in [0.25, 0.3) is 5.91 Å². The zero-order chi connectivity index (χ0) is 18.4. The molecule has 26 heavy (non-hydrogen) atoms. The van der Waals surface area contributed by atoms with Gasteiger partial charge in [-0.05, 0) is 30.9 Å². The summed E-state index contributed by atoms with van der Waals surface area (Å²) in [6.07, 6.45) is 2.01. The van der Waals surface area contributed by atoms with Crippen LogP contribution in [-0.4, -0.2) is 30.7 Å². The van der Waals surface area contributed by atoms with Gasteiger partial charge < -0.3 is 10.2 Å². The highest BCUT2D eigenvalue weighted by Crippen LogP contribution is 2.27. The largest absolute Gasteiger partial charge is 0.329 e. The van der Waals surface area contributed by atoms with Crippen LogP contribution in [0.2, 0.25) is 0 Å². The van der Waals surface area contributed by atoms with E-state index >= 15 is 0 Å². The smallest absolute Gasteiger partial charge is 0.272 e. The molecule has 0 saturated heterocycles. The van der Waals surface area contributed by atoms with Crippen LogP contribution in [0.1, 0.15) is 30.9 Å². The van der Waals surface area contributed by atoms with E-state index in [4.69, 9.17) is 0 Å². The number of amides is 2. The van der Waals surface area contributed by atoms with Gasteiger partial charge in [0.05, 0.1) is 5.69 Å². The Kier molecular flexibility index (Phi) is 5.79. The Morgan fingerprint density at radius 2 is 1.81 bits per heavy atom. The van der Waals surface area contributed by atoms with Crippen molar-refractivity contribution in [3.05, 3.63) is 65.7 Å². The summed E-state index contributed by atoms with van der Waals surface area (Å²) in [6.45, 7) is 2.62. The monoisotopic (exact) mass is 349 g/mol. The zero-order valence-electron chi connectivity index (χ0n) is 14.9. The van der Waals surface area contributed by atoms with Crippen molar-refractivity contribution in [1.29, 1.82) is 0 Å². The lowest BCUT2D eigenvalue weighted by Crippen LogP contribution is -2.45. The molecule has 0 aliphatic carbocycles. The van der Waals surface area contributed by atoms with Gasteiger partial charge in [0.15, 0.2) is 0 Å². The number of carbonyl (C=O) groups is 2. The molecule has 2 amide bonds. The van der Waals surface area contributed by atoms with Crippen LogP contribution >= 0.6 is 0 Å². The molecule has 0 saturated carbocycles. The fourth-order valence-corrected chi connectivity index (χ4v) is 3.23. The fraction of sp³-hybridized carbons (Fsp3) is 0.286. The highest BCUT2D eigenvalue weighted by Gasteiger charge is 2.30. The maximum atomic E-state index is 12.9. The molecular formula is C21H23N3O2. The zero-order valence-corrected chi connectivity index (χ0v) is 14.9. The molecule has 1 atom stereocenters. The number of aliphatic imine (C=N–C) groups is 1. The van der Waals surface area contributed by atoms with Crippen LogP contribution in [-0.2, 0) is 16.0 Å². The number of carbonyl (C=O) groups excluding carboxylic acids is 2. The third-order valence-electron chi connectivity index (χ3n) is 4.46. The SMILES string of the molecule is CCCN1C(=O)C(NC=O)N=C(CCc2ccccc2)c2ccccc21. The normalized spacial score (nSPS) is 16.5. The van der Waals surface area contributed by atoms with Gasteiger partial charge >= 0.3 is 0 Å². The Labute approximate surface area is 153 Å². The molecule has 1 heterocycles. The van der Waals surface area contributed by atoms with E-state index in [-0.39, 0.29) is 5.91 Å². The number of nitrogens with one attached hydrogen (secondary N) is 1. The molecule has 5 nitrogen and oxygen atoms in total. The van der Waals surface area contributed by atoms with Crippen LogP contribution in [0, 0.1) is 0 Å². The van der Waals surface area contributed by atoms with Crippen LogP contribution in [0.4, 0.5) is 5.69 Å². The summed E-state index contributed by atoms with van der Waals surface area (Å²) >= 11 is 0. The lowest BCUT2D eigenvalue weighted by molar-refractivity contribution is -0.122. The van der Waals surface area contributed by atoms with Crippen LogP contribution in [0.25, 0.3) is 0 Å². The van der Waals surface area contributed by atoms with Crippen molar-refractivity contribution in [2.24, 2.45) is 4.99 Å². The first-order valence-corrected chi connectivity index (χ1v) is 8.95. The number of hydrogen-bond acceptors (Lipinski definition) is 3. The second-order valence-corrected chi connectivity index (χ2v) is 6.26. The van der Waals surface area contributed by atoms with Crippen LogP contribution in [0.15, 0.2) is 59.6 Å². The second-order valence-electron chi connectivity index (χ2n) is 6.26. The molecule has 0 aromatic heterocycles. The van der Waals surface area contributed by atoms with Crippen molar-refractivity contribution >= 4 is 23.7 Å². The molecule has 1 unspecified atom stereocenters. The molecule has 0 spiro atoms. The van der Waals surface area contributed by atoms with Gasteiger partial charge in [0, 0.05) is 17.8 Å². The minimum atomic E-state index is -0.878. The first-order valence-electron chi connectivity index (χ1n) is 8.95. The van der Waals surface area contributed by atoms with Gasteiger partial charge in [-0.15, -0.1) is 0 Å². The van der Waals surface area contributed by atoms with Crippen LogP contribution in [0.5, 0.6) is 0 Å². The summed E-state index contributed by atoms with van der Waals surface area (Å²) in [7, 11) is 0. The van der Waals surface area contributed by atoms with Gasteiger partial charge in [0.2, 0.25) is 12.6 Å². The van der Waals surface area contributed by atoms with E-state index in [1.165, 1.54) is 5.56 Å². The molecule has 1 N–H and O–H groups in total. The van der Waals surface area contributed by atoms with Crippen LogP contribution in [0.3, 0.4) is 0 Å². The predicted molar refractivity (Wildman–Crippen MR) is 103 cm³/mol. The number of benzodiazepines with no additional fused rings is 1. The molecule has 1 aliphatic heterocycles. The van der Waals surface area contributed by atoms with Crippen LogP contribution < -0.4 is 10.2 Å². The first-order chi connectivity index (χ1) is 12.7. The van der Waals surface area contributed by atoms with Gasteiger partial charge in [-0.2, -0.15) is 0 Å². The van der Waals surface area contributed by atoms with Gasteiger partial charge in [-0.3, -0.25) is 14.6 Å². The molecule has 5 heteroatoms. The number of fused-ring (bicyclic) bond motifs is 1. The maximum absolute atomic E-state index is 12.9. The summed E-state index contributed by atoms with van der Waals surface area (Å²) in [6, 6.07) is 18.0. The predicted octanol–water partition coefficient (Wildman–Crippen LogP) is 2.94. The highest BCUT2D eigenvalue weighted by molar-refractivity contribution is 6.13. The Balaban J connectivity index is 1.98. The van der Waals surface area contributed by atoms with Gasteiger partial charge in [-0.25, -0.2) is 0 Å². The quantitative estimate of drug-likeness (QED) is 0.781. The summed E-state index contributed by atoms with van der Waals surface area (Å²) in [4.78, 5) is 30.3. The highest BCUT2D eigenvalue weighted by atomic mass is 16.2. The second kappa shape index (κ2) is 8.43. The van der Waals surface area contributed by atoms with Crippen molar-refractivity contribution in [3.63, 3.8) is 0 Å².